The molecular weight excluding hydrogens is 122 g/mol. The van der Waals surface area contributed by atoms with Gasteiger partial charge in [-0.1, -0.05) is 0 Å². The molecule has 0 amide bonds. The first-order valence-corrected chi connectivity index (χ1v) is 2.75. The fraction of sp³-hybridized carbons (Fsp3) is 0.800. The molecule has 0 unspecified atom stereocenters. The van der Waals surface area contributed by atoms with Gasteiger partial charge in [0.1, 0.15) is 6.61 Å². The molecule has 0 aliphatic carbocycles. The lowest BCUT2D eigenvalue weighted by molar-refractivity contribution is -0.130. The van der Waals surface area contributed by atoms with Crippen LogP contribution in [0.3, 0.4) is 0 Å². The second-order valence-electron chi connectivity index (χ2n) is 1.37. The van der Waals surface area contributed by atoms with Gasteiger partial charge in [-0.3, -0.25) is 4.79 Å². The first kappa shape index (κ1) is 8.39. The van der Waals surface area contributed by atoms with Crippen molar-refractivity contribution in [3.05, 3.63) is 0 Å². The molecule has 0 aliphatic rings. The van der Waals surface area contributed by atoms with Crippen molar-refractivity contribution in [1.82, 2.24) is 0 Å². The molecule has 0 aromatic rings. The summed E-state index contributed by atoms with van der Waals surface area (Å²) in [6.07, 6.45) is 0. The van der Waals surface area contributed by atoms with Gasteiger partial charge < -0.3 is 15.2 Å². The number of ether oxygens (including phenoxy) is 2. The first-order valence-electron chi connectivity index (χ1n) is 2.75. The Morgan fingerprint density at radius 3 is 2.67 bits per heavy atom. The maximum absolute atomic E-state index is 9.54. The zero-order chi connectivity index (χ0) is 6.95. The average Bonchev–Trinajstić information content (AvgIpc) is 1.89. The minimum absolute atomic E-state index is 0.309. The van der Waals surface area contributed by atoms with Crippen LogP contribution >= 0.6 is 0 Å². The van der Waals surface area contributed by atoms with Crippen LogP contribution in [-0.4, -0.2) is 32.8 Å². The van der Waals surface area contributed by atoms with Crippen LogP contribution in [0.15, 0.2) is 0 Å². The third-order valence-electron chi connectivity index (χ3n) is 0.676. The highest BCUT2D eigenvalue weighted by atomic mass is 16.5. The molecule has 4 heteroatoms. The molecule has 4 nitrogen and oxygen atoms in total. The Hall–Kier alpha value is -0.610. The molecule has 0 rings (SSSR count). The summed E-state index contributed by atoms with van der Waals surface area (Å²) in [5, 5.41) is 0. The summed E-state index contributed by atoms with van der Waals surface area (Å²) < 4.78 is 9.21. The predicted octanol–water partition coefficient (Wildman–Crippen LogP) is -0.865. The van der Waals surface area contributed by atoms with E-state index in [0.717, 1.165) is 0 Å². The largest absolute Gasteiger partial charge is 0.465 e. The normalized spacial score (nSPS) is 9.00. The highest BCUT2D eigenvalue weighted by Crippen LogP contribution is 1.72. The van der Waals surface area contributed by atoms with Gasteiger partial charge >= 0.3 is 0 Å². The van der Waals surface area contributed by atoms with Gasteiger partial charge in [0.25, 0.3) is 6.47 Å². The molecular formula is C5H11NO3. The second-order valence-corrected chi connectivity index (χ2v) is 1.37. The van der Waals surface area contributed by atoms with Crippen LogP contribution in [0.1, 0.15) is 0 Å². The van der Waals surface area contributed by atoms with Crippen LogP contribution in [0.4, 0.5) is 0 Å². The standard InChI is InChI=1S/C5H11NO3/c6-1-2-8-3-4-9-5-7/h5H,1-4,6H2. The van der Waals surface area contributed by atoms with E-state index in [9.17, 15) is 4.79 Å². The van der Waals surface area contributed by atoms with Gasteiger partial charge in [-0.2, -0.15) is 0 Å². The van der Waals surface area contributed by atoms with E-state index in [2.05, 4.69) is 4.74 Å². The maximum Gasteiger partial charge on any atom is 0.293 e. The molecule has 0 saturated carbocycles. The lowest BCUT2D eigenvalue weighted by atomic mass is 10.7. The molecule has 9 heavy (non-hydrogen) atoms. The molecule has 0 atom stereocenters. The molecule has 0 aliphatic heterocycles. The van der Waals surface area contributed by atoms with Gasteiger partial charge in [0.15, 0.2) is 0 Å². The highest BCUT2D eigenvalue weighted by molar-refractivity contribution is 5.36. The number of nitrogens with two attached hydrogens (primary N) is 1. The van der Waals surface area contributed by atoms with Gasteiger partial charge in [0.05, 0.1) is 13.2 Å². The third kappa shape index (κ3) is 7.39. The summed E-state index contributed by atoms with van der Waals surface area (Å²) in [6, 6.07) is 0. The minimum atomic E-state index is 0.309. The van der Waals surface area contributed by atoms with Gasteiger partial charge in [-0.05, 0) is 0 Å². The molecule has 0 fully saturated rings. The van der Waals surface area contributed by atoms with Crippen molar-refractivity contribution in [3.8, 4) is 0 Å². The van der Waals surface area contributed by atoms with Crippen LogP contribution in [0.2, 0.25) is 0 Å². The molecule has 54 valence electrons. The van der Waals surface area contributed by atoms with Gasteiger partial charge in [0.2, 0.25) is 0 Å². The Bertz CT molecular complexity index is 67.2. The van der Waals surface area contributed by atoms with E-state index < -0.39 is 0 Å². The maximum atomic E-state index is 9.54. The summed E-state index contributed by atoms with van der Waals surface area (Å²) >= 11 is 0. The number of hydrogen-bond acceptors (Lipinski definition) is 4. The topological polar surface area (TPSA) is 61.6 Å². The number of carbonyl (C=O) groups excluding carboxylic acids is 1. The lowest BCUT2D eigenvalue weighted by Gasteiger charge is -1.98. The van der Waals surface area contributed by atoms with Crippen molar-refractivity contribution in [3.63, 3.8) is 0 Å². The van der Waals surface area contributed by atoms with Crippen molar-refractivity contribution in [2.75, 3.05) is 26.4 Å². The molecule has 0 radical (unpaired) electrons. The molecule has 0 spiro atoms. The van der Waals surface area contributed by atoms with Gasteiger partial charge in [0, 0.05) is 6.54 Å². The van der Waals surface area contributed by atoms with Crippen LogP contribution < -0.4 is 5.73 Å². The number of rotatable bonds is 6. The van der Waals surface area contributed by atoms with E-state index in [1.807, 2.05) is 0 Å². The Labute approximate surface area is 53.9 Å². The van der Waals surface area contributed by atoms with E-state index in [1.165, 1.54) is 0 Å². The lowest BCUT2D eigenvalue weighted by Crippen LogP contribution is -2.11. The molecule has 0 aromatic heterocycles. The van der Waals surface area contributed by atoms with Gasteiger partial charge in [-0.25, -0.2) is 0 Å². The van der Waals surface area contributed by atoms with E-state index in [4.69, 9.17) is 10.5 Å². The van der Waals surface area contributed by atoms with Crippen molar-refractivity contribution < 1.29 is 14.3 Å². The van der Waals surface area contributed by atoms with Crippen molar-refractivity contribution >= 4 is 6.47 Å². The smallest absolute Gasteiger partial charge is 0.293 e. The summed E-state index contributed by atoms with van der Waals surface area (Å²) in [5.41, 5.74) is 5.11. The quantitative estimate of drug-likeness (QED) is 0.378. The Kier molecular flexibility index (Phi) is 6.89. The van der Waals surface area contributed by atoms with E-state index in [-0.39, 0.29) is 0 Å². The number of hydrogen-bond donors (Lipinski definition) is 1. The zero-order valence-corrected chi connectivity index (χ0v) is 5.21. The Morgan fingerprint density at radius 2 is 2.11 bits per heavy atom. The van der Waals surface area contributed by atoms with Crippen molar-refractivity contribution in [2.24, 2.45) is 5.73 Å². The molecule has 0 aromatic carbocycles. The van der Waals surface area contributed by atoms with E-state index in [1.54, 1.807) is 0 Å². The SMILES string of the molecule is NCCOCCOC=O. The summed E-state index contributed by atoms with van der Waals surface area (Å²) in [4.78, 5) is 9.54. The van der Waals surface area contributed by atoms with E-state index in [0.29, 0.717) is 32.8 Å². The van der Waals surface area contributed by atoms with Crippen LogP contribution in [0, 0.1) is 0 Å². The molecule has 0 saturated heterocycles. The molecule has 0 bridgehead atoms. The summed E-state index contributed by atoms with van der Waals surface area (Å²) in [5.74, 6) is 0. The minimum Gasteiger partial charge on any atom is -0.465 e. The van der Waals surface area contributed by atoms with E-state index >= 15 is 0 Å². The fourth-order valence-corrected chi connectivity index (χ4v) is 0.341. The molecule has 0 heterocycles. The third-order valence-corrected chi connectivity index (χ3v) is 0.676. The van der Waals surface area contributed by atoms with Crippen LogP contribution in [-0.2, 0) is 14.3 Å². The summed E-state index contributed by atoms with van der Waals surface area (Å²) in [7, 11) is 0. The van der Waals surface area contributed by atoms with Crippen LogP contribution in [0.25, 0.3) is 0 Å². The van der Waals surface area contributed by atoms with Crippen molar-refractivity contribution in [2.45, 2.75) is 0 Å². The second kappa shape index (κ2) is 7.39. The average molecular weight is 133 g/mol. The van der Waals surface area contributed by atoms with Crippen LogP contribution in [0.5, 0.6) is 0 Å². The predicted molar refractivity (Wildman–Crippen MR) is 31.9 cm³/mol. The first-order chi connectivity index (χ1) is 4.41. The number of carbonyl (C=O) groups is 1. The van der Waals surface area contributed by atoms with Crippen molar-refractivity contribution in [1.29, 1.82) is 0 Å². The monoisotopic (exact) mass is 133 g/mol. The summed E-state index contributed by atoms with van der Waals surface area (Å²) in [6.45, 7) is 2.15. The Balaban J connectivity index is 2.66. The Morgan fingerprint density at radius 1 is 1.33 bits per heavy atom. The molecule has 2 N–H and O–H groups in total. The highest BCUT2D eigenvalue weighted by Gasteiger charge is 1.84. The zero-order valence-electron chi connectivity index (χ0n) is 5.21. The van der Waals surface area contributed by atoms with Gasteiger partial charge in [-0.15, -0.1) is 0 Å². The fourth-order valence-electron chi connectivity index (χ4n) is 0.341.